The molecule has 10 heteroatoms. The number of nitrogens with zero attached hydrogens (tertiary/aromatic N) is 3. The van der Waals surface area contributed by atoms with E-state index < -0.39 is 29.7 Å². The van der Waals surface area contributed by atoms with E-state index in [0.29, 0.717) is 29.5 Å². The van der Waals surface area contributed by atoms with Crippen LogP contribution in [0.3, 0.4) is 0 Å². The van der Waals surface area contributed by atoms with Crippen molar-refractivity contribution in [2.45, 2.75) is 115 Å². The molecule has 10 nitrogen and oxygen atoms in total. The van der Waals surface area contributed by atoms with Gasteiger partial charge in [0, 0.05) is 12.0 Å². The standard InChI is InChI=1S/C34H46N4O6/c1-21-27(20-39)38-19-29(21)43-31-25(35-24-15-14-23(42-3)18-26(24)36-31)12-6-4-5-10-22-11-9-13-28(22)44-33(41)37-30(32(38)40)34(2)16-7-8-17-34/h14-15,18,20-22,27-30H,4-13,16-17,19H2,1-3H3,(H,37,41)/t21-,22+,27+,28+,29-,30+/m0/s1. The van der Waals surface area contributed by atoms with E-state index in [9.17, 15) is 14.4 Å². The van der Waals surface area contributed by atoms with Crippen LogP contribution in [0.5, 0.6) is 11.6 Å². The van der Waals surface area contributed by atoms with Crippen molar-refractivity contribution >= 4 is 29.3 Å². The van der Waals surface area contributed by atoms with Gasteiger partial charge < -0.3 is 29.2 Å². The lowest BCUT2D eigenvalue weighted by molar-refractivity contribution is -0.140. The minimum absolute atomic E-state index is 0.136. The third kappa shape index (κ3) is 6.09. The molecule has 2 aromatic rings. The van der Waals surface area contributed by atoms with E-state index >= 15 is 0 Å². The van der Waals surface area contributed by atoms with E-state index in [2.05, 4.69) is 12.2 Å². The number of fused-ring (bicyclic) bond motifs is 5. The molecule has 6 atom stereocenters. The van der Waals surface area contributed by atoms with E-state index in [0.717, 1.165) is 88.1 Å². The summed E-state index contributed by atoms with van der Waals surface area (Å²) in [5.41, 5.74) is 1.80. The predicted molar refractivity (Wildman–Crippen MR) is 165 cm³/mol. The number of aldehydes is 1. The average molecular weight is 607 g/mol. The van der Waals surface area contributed by atoms with Gasteiger partial charge >= 0.3 is 6.09 Å². The second-order valence-corrected chi connectivity index (χ2v) is 13.6. The average Bonchev–Trinajstić information content (AvgIpc) is 3.74. The Morgan fingerprint density at radius 1 is 0.977 bits per heavy atom. The topological polar surface area (TPSA) is 120 Å². The van der Waals surface area contributed by atoms with Crippen LogP contribution >= 0.6 is 0 Å². The number of amides is 2. The molecule has 2 amide bonds. The monoisotopic (exact) mass is 606 g/mol. The van der Waals surface area contributed by atoms with Gasteiger partial charge in [-0.05, 0) is 74.8 Å². The first-order valence-electron chi connectivity index (χ1n) is 16.5. The molecule has 0 spiro atoms. The van der Waals surface area contributed by atoms with E-state index in [-0.39, 0.29) is 24.5 Å². The highest BCUT2D eigenvalue weighted by Crippen LogP contribution is 2.42. The molecule has 238 valence electrons. The van der Waals surface area contributed by atoms with E-state index in [1.165, 1.54) is 0 Å². The Morgan fingerprint density at radius 3 is 2.55 bits per heavy atom. The lowest BCUT2D eigenvalue weighted by atomic mass is 9.79. The summed E-state index contributed by atoms with van der Waals surface area (Å²) < 4.78 is 18.0. The number of methoxy groups -OCH3 is 1. The van der Waals surface area contributed by atoms with Crippen LogP contribution < -0.4 is 14.8 Å². The van der Waals surface area contributed by atoms with Crippen LogP contribution in [0, 0.1) is 17.3 Å². The first kappa shape index (κ1) is 30.6. The summed E-state index contributed by atoms with van der Waals surface area (Å²) >= 11 is 0. The molecular weight excluding hydrogens is 560 g/mol. The minimum atomic E-state index is -0.784. The zero-order valence-corrected chi connectivity index (χ0v) is 26.3. The smallest absolute Gasteiger partial charge is 0.408 e. The first-order chi connectivity index (χ1) is 21.3. The van der Waals surface area contributed by atoms with Crippen LogP contribution in [0.1, 0.15) is 90.2 Å². The Kier molecular flexibility index (Phi) is 8.96. The number of hydrogen-bond acceptors (Lipinski definition) is 8. The number of aromatic nitrogens is 2. The highest BCUT2D eigenvalue weighted by atomic mass is 16.6. The fourth-order valence-corrected chi connectivity index (χ4v) is 7.97. The van der Waals surface area contributed by atoms with Gasteiger partial charge in [-0.2, -0.15) is 0 Å². The molecule has 1 N–H and O–H groups in total. The highest BCUT2D eigenvalue weighted by Gasteiger charge is 2.50. The summed E-state index contributed by atoms with van der Waals surface area (Å²) in [5, 5.41) is 3.01. The van der Waals surface area contributed by atoms with Crippen LogP contribution in [-0.4, -0.2) is 71.1 Å². The minimum Gasteiger partial charge on any atom is -0.497 e. The number of alkyl carbamates (subject to hydrolysis) is 1. The lowest BCUT2D eigenvalue weighted by Crippen LogP contribution is -2.57. The van der Waals surface area contributed by atoms with Crippen molar-refractivity contribution in [1.82, 2.24) is 20.2 Å². The molecule has 1 aromatic heterocycles. The number of carbonyl (C=O) groups excluding carboxylic acids is 3. The third-order valence-corrected chi connectivity index (χ3v) is 10.7. The van der Waals surface area contributed by atoms with Gasteiger partial charge in [0.05, 0.1) is 30.7 Å². The fraction of sp³-hybridized carbons (Fsp3) is 0.676. The van der Waals surface area contributed by atoms with Crippen LogP contribution in [0.4, 0.5) is 4.79 Å². The molecule has 3 heterocycles. The molecule has 1 aromatic carbocycles. The Morgan fingerprint density at radius 2 is 1.77 bits per heavy atom. The van der Waals surface area contributed by atoms with Crippen molar-refractivity contribution in [3.05, 3.63) is 23.9 Å². The van der Waals surface area contributed by atoms with Crippen LogP contribution in [-0.2, 0) is 20.7 Å². The Bertz CT molecular complexity index is 1380. The zero-order chi connectivity index (χ0) is 30.8. The van der Waals surface area contributed by atoms with Gasteiger partial charge in [-0.1, -0.05) is 39.5 Å². The molecule has 2 bridgehead atoms. The quantitative estimate of drug-likeness (QED) is 0.462. The van der Waals surface area contributed by atoms with Gasteiger partial charge in [0.25, 0.3) is 0 Å². The first-order valence-corrected chi connectivity index (χ1v) is 16.5. The molecule has 3 fully saturated rings. The molecule has 6 rings (SSSR count). The van der Waals surface area contributed by atoms with Crippen LogP contribution in [0.15, 0.2) is 18.2 Å². The maximum absolute atomic E-state index is 14.4. The number of carbonyl (C=O) groups is 3. The fourth-order valence-electron chi connectivity index (χ4n) is 7.97. The SMILES string of the molecule is COc1ccc2nc3c(nc2c1)O[C@H]1CN(C(=O)[C@H](C2(C)CCCC2)NC(=O)O[C@@H]2CCC[C@H]2CCCCC3)[C@H](C=O)[C@@H]1C. The number of benzene rings is 1. The van der Waals surface area contributed by atoms with Gasteiger partial charge in [0.15, 0.2) is 0 Å². The van der Waals surface area contributed by atoms with Crippen molar-refractivity contribution in [1.29, 1.82) is 0 Å². The van der Waals surface area contributed by atoms with Crippen molar-refractivity contribution < 1.29 is 28.6 Å². The van der Waals surface area contributed by atoms with Gasteiger partial charge in [0.1, 0.15) is 36.0 Å². The normalized spacial score (nSPS) is 31.2. The van der Waals surface area contributed by atoms with Crippen LogP contribution in [0.25, 0.3) is 11.0 Å². The Balaban J connectivity index is 1.35. The van der Waals surface area contributed by atoms with Crippen molar-refractivity contribution in [2.75, 3.05) is 13.7 Å². The van der Waals surface area contributed by atoms with Crippen molar-refractivity contribution in [3.8, 4) is 11.6 Å². The number of ether oxygens (including phenoxy) is 3. The number of aryl methyl sites for hydroxylation is 1. The molecule has 44 heavy (non-hydrogen) atoms. The summed E-state index contributed by atoms with van der Waals surface area (Å²) in [4.78, 5) is 51.7. The number of nitrogens with one attached hydrogen (secondary N) is 1. The Labute approximate surface area is 259 Å². The zero-order valence-electron chi connectivity index (χ0n) is 26.3. The highest BCUT2D eigenvalue weighted by molar-refractivity contribution is 5.89. The Hall–Kier alpha value is -3.43. The van der Waals surface area contributed by atoms with E-state index in [4.69, 9.17) is 24.2 Å². The van der Waals surface area contributed by atoms with Gasteiger partial charge in [-0.15, -0.1) is 0 Å². The molecule has 0 unspecified atom stereocenters. The second kappa shape index (κ2) is 12.9. The lowest BCUT2D eigenvalue weighted by Gasteiger charge is -2.37. The number of hydrogen-bond donors (Lipinski definition) is 1. The van der Waals surface area contributed by atoms with E-state index in [1.54, 1.807) is 12.0 Å². The third-order valence-electron chi connectivity index (χ3n) is 10.7. The van der Waals surface area contributed by atoms with Gasteiger partial charge in [-0.25, -0.2) is 14.8 Å². The van der Waals surface area contributed by atoms with Gasteiger partial charge in [0.2, 0.25) is 11.8 Å². The molecule has 0 radical (unpaired) electrons. The van der Waals surface area contributed by atoms with Crippen molar-refractivity contribution in [2.24, 2.45) is 17.3 Å². The van der Waals surface area contributed by atoms with Crippen LogP contribution in [0.2, 0.25) is 0 Å². The summed E-state index contributed by atoms with van der Waals surface area (Å²) in [6.07, 6.45) is 11.0. The second-order valence-electron chi connectivity index (χ2n) is 13.6. The molecule has 1 saturated heterocycles. The maximum Gasteiger partial charge on any atom is 0.408 e. The molecule has 2 aliphatic heterocycles. The van der Waals surface area contributed by atoms with Crippen molar-refractivity contribution in [3.63, 3.8) is 0 Å². The maximum atomic E-state index is 14.4. The van der Waals surface area contributed by atoms with E-state index in [1.807, 2.05) is 25.1 Å². The number of rotatable bonds is 3. The molecule has 2 aliphatic carbocycles. The largest absolute Gasteiger partial charge is 0.497 e. The summed E-state index contributed by atoms with van der Waals surface area (Å²) in [5.74, 6) is 0.920. The molecule has 2 saturated carbocycles. The van der Waals surface area contributed by atoms with Gasteiger partial charge in [-0.3, -0.25) is 4.79 Å². The molecule has 4 aliphatic rings. The summed E-state index contributed by atoms with van der Waals surface area (Å²) in [6.45, 7) is 4.22. The summed E-state index contributed by atoms with van der Waals surface area (Å²) in [6, 6.07) is 4.16. The summed E-state index contributed by atoms with van der Waals surface area (Å²) in [7, 11) is 1.62. The predicted octanol–water partition coefficient (Wildman–Crippen LogP) is 5.39. The molecular formula is C34H46N4O6.